The number of unbranched alkanes of at least 4 members (excludes halogenated alkanes) is 16. The van der Waals surface area contributed by atoms with E-state index in [0.717, 1.165) is 70.6 Å². The van der Waals surface area contributed by atoms with Crippen molar-refractivity contribution >= 4 is 19.8 Å². The third kappa shape index (κ3) is 28.1. The zero-order valence-corrected chi connectivity index (χ0v) is 36.9. The zero-order valence-electron chi connectivity index (χ0n) is 36.0. The lowest BCUT2D eigenvalue weighted by Crippen LogP contribution is -2.64. The molecule has 0 heterocycles. The Labute approximate surface area is 354 Å². The van der Waals surface area contributed by atoms with Crippen LogP contribution in [0.1, 0.15) is 168 Å². The van der Waals surface area contributed by atoms with Gasteiger partial charge in [0, 0.05) is 12.8 Å². The summed E-state index contributed by atoms with van der Waals surface area (Å²) >= 11 is 0. The summed E-state index contributed by atoms with van der Waals surface area (Å²) in [4.78, 5) is 35.6. The minimum Gasteiger partial charge on any atom is -0.462 e. The van der Waals surface area contributed by atoms with E-state index in [1.54, 1.807) is 0 Å². The molecular formula is C45H79O13P. The third-order valence-electron chi connectivity index (χ3n) is 10.2. The van der Waals surface area contributed by atoms with Gasteiger partial charge in [0.25, 0.3) is 0 Å². The van der Waals surface area contributed by atoms with Gasteiger partial charge in [-0.15, -0.1) is 0 Å². The van der Waals surface area contributed by atoms with E-state index in [0.29, 0.717) is 12.8 Å². The number of carbonyl (C=O) groups is 2. The molecule has 0 bridgehead atoms. The van der Waals surface area contributed by atoms with Gasteiger partial charge in [0.1, 0.15) is 43.2 Å². The number of allylic oxidation sites excluding steroid dienone is 8. The number of hydrogen-bond acceptors (Lipinski definition) is 12. The van der Waals surface area contributed by atoms with Crippen molar-refractivity contribution in [2.75, 3.05) is 13.2 Å². The van der Waals surface area contributed by atoms with Crippen molar-refractivity contribution in [3.63, 3.8) is 0 Å². The molecule has 0 aliphatic heterocycles. The van der Waals surface area contributed by atoms with Gasteiger partial charge in [-0.2, -0.15) is 0 Å². The Bertz CT molecular complexity index is 1220. The van der Waals surface area contributed by atoms with Gasteiger partial charge in [-0.25, -0.2) is 4.57 Å². The summed E-state index contributed by atoms with van der Waals surface area (Å²) in [6, 6.07) is 0. The number of phosphoric ester groups is 1. The van der Waals surface area contributed by atoms with Crippen molar-refractivity contribution in [3.05, 3.63) is 48.6 Å². The Kier molecular flexibility index (Phi) is 32.9. The predicted molar refractivity (Wildman–Crippen MR) is 230 cm³/mol. The SMILES string of the molecule is CC/C=C/C/C=C/C/C=C/CCCCCCCC(=O)O[C@H](COC(=O)CCCC/C=C/CCCCCCCCCCC)COP(=O)(O)OC1C(O)C(O)C(O)[C@@H](O)C1O. The molecule has 6 N–H and O–H groups in total. The van der Waals surface area contributed by atoms with Crippen molar-refractivity contribution in [1.29, 1.82) is 0 Å². The van der Waals surface area contributed by atoms with Crippen LogP contribution in [0.25, 0.3) is 0 Å². The molecule has 13 nitrogen and oxygen atoms in total. The molecule has 1 saturated carbocycles. The molecule has 14 heteroatoms. The van der Waals surface area contributed by atoms with Crippen molar-refractivity contribution in [1.82, 2.24) is 0 Å². The average molecular weight is 859 g/mol. The smallest absolute Gasteiger partial charge is 0.462 e. The van der Waals surface area contributed by atoms with Gasteiger partial charge in [0.15, 0.2) is 6.10 Å². The number of rotatable bonds is 36. The Morgan fingerprint density at radius 3 is 1.53 bits per heavy atom. The maximum Gasteiger partial charge on any atom is 0.472 e. The van der Waals surface area contributed by atoms with Gasteiger partial charge in [0.2, 0.25) is 0 Å². The fourth-order valence-corrected chi connectivity index (χ4v) is 7.50. The molecule has 342 valence electrons. The Balaban J connectivity index is 2.50. The normalized spacial score (nSPS) is 22.8. The van der Waals surface area contributed by atoms with E-state index in [-0.39, 0.29) is 12.8 Å². The Morgan fingerprint density at radius 1 is 0.542 bits per heavy atom. The molecule has 0 radical (unpaired) electrons. The highest BCUT2D eigenvalue weighted by atomic mass is 31.2. The molecule has 1 rings (SSSR count). The summed E-state index contributed by atoms with van der Waals surface area (Å²) < 4.78 is 33.4. The Hall–Kier alpha value is -2.19. The van der Waals surface area contributed by atoms with E-state index in [1.807, 2.05) is 0 Å². The quantitative estimate of drug-likeness (QED) is 0.0152. The van der Waals surface area contributed by atoms with Gasteiger partial charge in [-0.05, 0) is 70.6 Å². The van der Waals surface area contributed by atoms with Crippen LogP contribution in [0.2, 0.25) is 0 Å². The largest absolute Gasteiger partial charge is 0.472 e. The summed E-state index contributed by atoms with van der Waals surface area (Å²) in [7, 11) is -5.13. The first-order chi connectivity index (χ1) is 28.4. The van der Waals surface area contributed by atoms with Crippen LogP contribution in [-0.2, 0) is 32.7 Å². The van der Waals surface area contributed by atoms with E-state index in [9.17, 15) is 44.6 Å². The summed E-state index contributed by atoms with van der Waals surface area (Å²) in [5.74, 6) is -1.15. The van der Waals surface area contributed by atoms with Crippen LogP contribution in [0.3, 0.4) is 0 Å². The lowest BCUT2D eigenvalue weighted by molar-refractivity contribution is -0.220. The van der Waals surface area contributed by atoms with Gasteiger partial charge < -0.3 is 39.9 Å². The van der Waals surface area contributed by atoms with Crippen LogP contribution in [0.4, 0.5) is 0 Å². The van der Waals surface area contributed by atoms with Crippen LogP contribution in [0.5, 0.6) is 0 Å². The maximum absolute atomic E-state index is 12.8. The maximum atomic E-state index is 12.8. The van der Waals surface area contributed by atoms with E-state index < -0.39 is 75.7 Å². The van der Waals surface area contributed by atoms with E-state index in [2.05, 4.69) is 62.5 Å². The lowest BCUT2D eigenvalue weighted by atomic mass is 9.85. The van der Waals surface area contributed by atoms with Crippen LogP contribution >= 0.6 is 7.82 Å². The van der Waals surface area contributed by atoms with Crippen molar-refractivity contribution < 1.29 is 63.1 Å². The number of hydrogen-bond donors (Lipinski definition) is 6. The summed E-state index contributed by atoms with van der Waals surface area (Å²) in [6.45, 7) is 3.14. The van der Waals surface area contributed by atoms with Gasteiger partial charge in [0.05, 0.1) is 6.61 Å². The minimum absolute atomic E-state index is 0.0720. The fourth-order valence-electron chi connectivity index (χ4n) is 6.53. The van der Waals surface area contributed by atoms with E-state index in [1.165, 1.54) is 57.8 Å². The topological polar surface area (TPSA) is 210 Å². The lowest BCUT2D eigenvalue weighted by Gasteiger charge is -2.41. The highest BCUT2D eigenvalue weighted by molar-refractivity contribution is 7.47. The molecule has 0 saturated heterocycles. The summed E-state index contributed by atoms with van der Waals surface area (Å²) in [5, 5.41) is 50.1. The molecule has 0 aromatic carbocycles. The zero-order chi connectivity index (χ0) is 43.6. The van der Waals surface area contributed by atoms with Crippen LogP contribution in [0, 0.1) is 0 Å². The molecular weight excluding hydrogens is 779 g/mol. The summed E-state index contributed by atoms with van der Waals surface area (Å²) in [6.07, 6.45) is 27.4. The average Bonchev–Trinajstić information content (AvgIpc) is 3.21. The molecule has 0 amide bonds. The van der Waals surface area contributed by atoms with Crippen LogP contribution in [-0.4, -0.2) is 98.3 Å². The number of aliphatic hydroxyl groups is 5. The second-order valence-corrected chi connectivity index (χ2v) is 16.9. The second-order valence-electron chi connectivity index (χ2n) is 15.5. The second kappa shape index (κ2) is 35.4. The molecule has 0 aromatic heterocycles. The van der Waals surface area contributed by atoms with Crippen molar-refractivity contribution in [2.24, 2.45) is 0 Å². The number of carbonyl (C=O) groups excluding carboxylic acids is 2. The number of esters is 2. The standard InChI is InChI=1S/C45H79O13P/c1-3-5-7-9-11-13-15-17-19-21-23-25-27-29-31-33-38(46)55-35-37(36-56-59(53,54)58-45-43(51)41(49)40(48)42(50)44(45)52)57-39(47)34-32-30-28-26-24-22-20-18-16-14-12-10-8-6-4-2/h6,8,12,14,18,20,23,25,37,40-45,48-52H,3-5,7,9-11,13,15-17,19,21-22,24,26-36H2,1-2H3,(H,53,54)/b8-6+,14-12+,20-18+,25-23+/t37-,40?,41-,42?,43?,44?,45?/m1/s1. The first-order valence-electron chi connectivity index (χ1n) is 22.4. The predicted octanol–water partition coefficient (Wildman–Crippen LogP) is 8.39. The number of phosphoric acid groups is 1. The molecule has 0 aromatic rings. The monoisotopic (exact) mass is 859 g/mol. The Morgan fingerprint density at radius 2 is 0.966 bits per heavy atom. The molecule has 6 unspecified atom stereocenters. The first-order valence-corrected chi connectivity index (χ1v) is 23.9. The van der Waals surface area contributed by atoms with E-state index >= 15 is 0 Å². The molecule has 1 aliphatic carbocycles. The molecule has 1 fully saturated rings. The van der Waals surface area contributed by atoms with Gasteiger partial charge in [-0.1, -0.05) is 133 Å². The molecule has 0 spiro atoms. The number of ether oxygens (including phenoxy) is 2. The van der Waals surface area contributed by atoms with Gasteiger partial charge >= 0.3 is 19.8 Å². The van der Waals surface area contributed by atoms with Gasteiger partial charge in [-0.3, -0.25) is 18.6 Å². The fraction of sp³-hybridized carbons (Fsp3) is 0.778. The molecule has 59 heavy (non-hydrogen) atoms. The molecule has 8 atom stereocenters. The minimum atomic E-state index is -5.13. The van der Waals surface area contributed by atoms with Crippen LogP contribution in [0.15, 0.2) is 48.6 Å². The van der Waals surface area contributed by atoms with Crippen molar-refractivity contribution in [2.45, 2.75) is 211 Å². The highest BCUT2D eigenvalue weighted by Gasteiger charge is 2.51. The first kappa shape index (κ1) is 54.8. The van der Waals surface area contributed by atoms with Crippen LogP contribution < -0.4 is 0 Å². The highest BCUT2D eigenvalue weighted by Crippen LogP contribution is 2.47. The molecule has 1 aliphatic rings. The van der Waals surface area contributed by atoms with E-state index in [4.69, 9.17) is 18.5 Å². The third-order valence-corrected chi connectivity index (χ3v) is 11.1. The summed E-state index contributed by atoms with van der Waals surface area (Å²) in [5.41, 5.74) is 0. The van der Waals surface area contributed by atoms with Crippen molar-refractivity contribution in [3.8, 4) is 0 Å². The number of aliphatic hydroxyl groups excluding tert-OH is 5.